The monoisotopic (exact) mass is 438 g/mol. The van der Waals surface area contributed by atoms with Crippen LogP contribution in [0.5, 0.6) is 17.2 Å². The zero-order valence-electron chi connectivity index (χ0n) is 17.8. The minimum Gasteiger partial charge on any atom is -0.497 e. The smallest absolute Gasteiger partial charge is 0.251 e. The molecule has 0 spiro atoms. The van der Waals surface area contributed by atoms with Gasteiger partial charge in [-0.05, 0) is 43.2 Å². The molecule has 0 unspecified atom stereocenters. The van der Waals surface area contributed by atoms with Gasteiger partial charge in [-0.1, -0.05) is 12.1 Å². The summed E-state index contributed by atoms with van der Waals surface area (Å²) < 4.78 is 22.8. The van der Waals surface area contributed by atoms with Crippen LogP contribution in [0.1, 0.15) is 23.2 Å². The second-order valence-corrected chi connectivity index (χ2v) is 8.37. The number of carbonyl (C=O) groups excluding carboxylic acids is 2. The Labute approximate surface area is 186 Å². The van der Waals surface area contributed by atoms with Gasteiger partial charge in [-0.25, -0.2) is 0 Å². The molecule has 3 aliphatic rings. The SMILES string of the molecule is COc1cccc(Oc2cccc(C(=O)N[C@H]3CO[C@H]4[C@@H]3OC[C@@H]4NC(=O)C3CC3)c2)c1. The van der Waals surface area contributed by atoms with Crippen molar-refractivity contribution >= 4 is 11.8 Å². The molecular weight excluding hydrogens is 412 g/mol. The predicted octanol–water partition coefficient (Wildman–Crippen LogP) is 2.28. The van der Waals surface area contributed by atoms with Crippen LogP contribution in [0.2, 0.25) is 0 Å². The number of fused-ring (bicyclic) bond motifs is 1. The number of methoxy groups -OCH3 is 1. The van der Waals surface area contributed by atoms with Gasteiger partial charge in [0.1, 0.15) is 29.5 Å². The summed E-state index contributed by atoms with van der Waals surface area (Å²) in [5.74, 6) is 1.83. The third kappa shape index (κ3) is 4.42. The average molecular weight is 438 g/mol. The Hall–Kier alpha value is -3.10. The molecular formula is C24H26N2O6. The number of benzene rings is 2. The van der Waals surface area contributed by atoms with Gasteiger partial charge in [0.2, 0.25) is 5.91 Å². The van der Waals surface area contributed by atoms with Crippen LogP contribution in [0.25, 0.3) is 0 Å². The van der Waals surface area contributed by atoms with E-state index in [-0.39, 0.29) is 42.0 Å². The predicted molar refractivity (Wildman–Crippen MR) is 115 cm³/mol. The second-order valence-electron chi connectivity index (χ2n) is 8.37. The lowest BCUT2D eigenvalue weighted by Gasteiger charge is -2.18. The van der Waals surface area contributed by atoms with E-state index in [1.807, 2.05) is 18.2 Å². The first-order valence-corrected chi connectivity index (χ1v) is 10.9. The highest BCUT2D eigenvalue weighted by Crippen LogP contribution is 2.32. The highest BCUT2D eigenvalue weighted by Gasteiger charge is 2.49. The molecule has 0 bridgehead atoms. The summed E-state index contributed by atoms with van der Waals surface area (Å²) in [5.41, 5.74) is 0.477. The molecule has 2 aliphatic heterocycles. The molecule has 8 nitrogen and oxygen atoms in total. The van der Waals surface area contributed by atoms with E-state index >= 15 is 0 Å². The Kier molecular flexibility index (Phi) is 5.71. The number of rotatable bonds is 7. The van der Waals surface area contributed by atoms with E-state index in [9.17, 15) is 9.59 Å². The van der Waals surface area contributed by atoms with E-state index in [0.29, 0.717) is 36.0 Å². The lowest BCUT2D eigenvalue weighted by atomic mass is 10.1. The van der Waals surface area contributed by atoms with Gasteiger partial charge in [0.15, 0.2) is 0 Å². The van der Waals surface area contributed by atoms with Crippen LogP contribution in [0.3, 0.4) is 0 Å². The van der Waals surface area contributed by atoms with Gasteiger partial charge in [-0.15, -0.1) is 0 Å². The second kappa shape index (κ2) is 8.80. The van der Waals surface area contributed by atoms with E-state index in [0.717, 1.165) is 12.8 Å². The first kappa shape index (κ1) is 20.8. The fourth-order valence-electron chi connectivity index (χ4n) is 4.15. The maximum Gasteiger partial charge on any atom is 0.251 e. The summed E-state index contributed by atoms with van der Waals surface area (Å²) in [5, 5.41) is 6.04. The van der Waals surface area contributed by atoms with Crippen LogP contribution in [0.4, 0.5) is 0 Å². The molecule has 3 fully saturated rings. The first-order chi connectivity index (χ1) is 15.6. The summed E-state index contributed by atoms with van der Waals surface area (Å²) in [7, 11) is 1.60. The fraction of sp³-hybridized carbons (Fsp3) is 0.417. The molecule has 1 saturated carbocycles. The molecule has 2 saturated heterocycles. The summed E-state index contributed by atoms with van der Waals surface area (Å²) in [6, 6.07) is 13.8. The van der Waals surface area contributed by atoms with Gasteiger partial charge < -0.3 is 29.6 Å². The van der Waals surface area contributed by atoms with Crippen molar-refractivity contribution in [2.75, 3.05) is 20.3 Å². The van der Waals surface area contributed by atoms with E-state index < -0.39 is 0 Å². The third-order valence-corrected chi connectivity index (χ3v) is 6.02. The van der Waals surface area contributed by atoms with Gasteiger partial charge in [0.25, 0.3) is 5.91 Å². The molecule has 2 amide bonds. The summed E-state index contributed by atoms with van der Waals surface area (Å²) >= 11 is 0. The Morgan fingerprint density at radius 2 is 1.50 bits per heavy atom. The highest BCUT2D eigenvalue weighted by atomic mass is 16.6. The van der Waals surface area contributed by atoms with E-state index in [2.05, 4.69) is 10.6 Å². The quantitative estimate of drug-likeness (QED) is 0.689. The number of nitrogens with one attached hydrogen (secondary N) is 2. The minimum absolute atomic E-state index is 0.0724. The van der Waals surface area contributed by atoms with Crippen LogP contribution in [-0.2, 0) is 14.3 Å². The molecule has 1 aliphatic carbocycles. The lowest BCUT2D eigenvalue weighted by Crippen LogP contribution is -2.47. The molecule has 0 radical (unpaired) electrons. The van der Waals surface area contributed by atoms with Crippen molar-refractivity contribution < 1.29 is 28.5 Å². The summed E-state index contributed by atoms with van der Waals surface area (Å²) in [6.07, 6.45) is 1.38. The van der Waals surface area contributed by atoms with Gasteiger partial charge in [-0.3, -0.25) is 9.59 Å². The highest BCUT2D eigenvalue weighted by molar-refractivity contribution is 5.94. The van der Waals surface area contributed by atoms with Gasteiger partial charge in [-0.2, -0.15) is 0 Å². The van der Waals surface area contributed by atoms with Gasteiger partial charge >= 0.3 is 0 Å². The molecule has 4 atom stereocenters. The maximum absolute atomic E-state index is 12.9. The van der Waals surface area contributed by atoms with Gasteiger partial charge in [0, 0.05) is 17.5 Å². The largest absolute Gasteiger partial charge is 0.497 e. The molecule has 8 heteroatoms. The van der Waals surface area contributed by atoms with Crippen molar-refractivity contribution in [3.63, 3.8) is 0 Å². The van der Waals surface area contributed by atoms with E-state index in [4.69, 9.17) is 18.9 Å². The van der Waals surface area contributed by atoms with Crippen LogP contribution >= 0.6 is 0 Å². The third-order valence-electron chi connectivity index (χ3n) is 6.02. The number of amides is 2. The molecule has 0 aromatic heterocycles. The van der Waals surface area contributed by atoms with E-state index in [1.54, 1.807) is 37.4 Å². The molecule has 2 aromatic rings. The first-order valence-electron chi connectivity index (χ1n) is 10.9. The molecule has 32 heavy (non-hydrogen) atoms. The standard InChI is InChI=1S/C24H26N2O6/c1-29-16-5-3-7-18(11-16)32-17-6-2-4-15(10-17)24(28)26-20-13-31-21-19(12-30-22(20)21)25-23(27)14-8-9-14/h2-7,10-11,14,19-22H,8-9,12-13H2,1H3,(H,25,27)(H,26,28)/t19-,20-,21+,22+/m0/s1. The number of hydrogen-bond acceptors (Lipinski definition) is 6. The molecule has 2 aromatic carbocycles. The Morgan fingerprint density at radius 1 is 0.875 bits per heavy atom. The maximum atomic E-state index is 12.9. The van der Waals surface area contributed by atoms with Crippen LogP contribution in [0, 0.1) is 5.92 Å². The van der Waals surface area contributed by atoms with Crippen LogP contribution < -0.4 is 20.1 Å². The lowest BCUT2D eigenvalue weighted by molar-refractivity contribution is -0.123. The summed E-state index contributed by atoms with van der Waals surface area (Å²) in [4.78, 5) is 25.0. The molecule has 5 rings (SSSR count). The van der Waals surface area contributed by atoms with Crippen molar-refractivity contribution in [1.29, 1.82) is 0 Å². The Bertz CT molecular complexity index is 1010. The van der Waals surface area contributed by atoms with Crippen molar-refractivity contribution in [2.45, 2.75) is 37.1 Å². The zero-order chi connectivity index (χ0) is 22.1. The Balaban J connectivity index is 1.20. The normalized spacial score (nSPS) is 26.3. The molecule has 2 N–H and O–H groups in total. The summed E-state index contributed by atoms with van der Waals surface area (Å²) in [6.45, 7) is 0.737. The minimum atomic E-state index is -0.279. The van der Waals surface area contributed by atoms with Crippen molar-refractivity contribution in [3.8, 4) is 17.2 Å². The molecule has 2 heterocycles. The number of carbonyl (C=O) groups is 2. The molecule has 168 valence electrons. The van der Waals surface area contributed by atoms with Crippen molar-refractivity contribution in [3.05, 3.63) is 54.1 Å². The van der Waals surface area contributed by atoms with Crippen molar-refractivity contribution in [1.82, 2.24) is 10.6 Å². The van der Waals surface area contributed by atoms with Crippen LogP contribution in [0.15, 0.2) is 48.5 Å². The zero-order valence-corrected chi connectivity index (χ0v) is 17.8. The topological polar surface area (TPSA) is 95.1 Å². The van der Waals surface area contributed by atoms with Gasteiger partial charge in [0.05, 0.1) is 32.4 Å². The number of ether oxygens (including phenoxy) is 4. The van der Waals surface area contributed by atoms with Crippen molar-refractivity contribution in [2.24, 2.45) is 5.92 Å². The fourth-order valence-corrected chi connectivity index (χ4v) is 4.15. The van der Waals surface area contributed by atoms with E-state index in [1.165, 1.54) is 0 Å². The van der Waals surface area contributed by atoms with Crippen LogP contribution in [-0.4, -0.2) is 56.4 Å². The number of hydrogen-bond donors (Lipinski definition) is 2. The average Bonchev–Trinajstić information content (AvgIpc) is 3.48. The Morgan fingerprint density at radius 3 is 2.19 bits per heavy atom.